The molecule has 0 bridgehead atoms. The molecule has 125 valence electrons. The van der Waals surface area contributed by atoms with Crippen molar-refractivity contribution in [3.05, 3.63) is 29.8 Å². The van der Waals surface area contributed by atoms with Crippen LogP contribution in [0.15, 0.2) is 29.2 Å². The molecular weight excluding hydrogens is 284 g/mol. The number of aryl methyl sites for hydroxylation is 1. The van der Waals surface area contributed by atoms with E-state index >= 15 is 0 Å². The standard InChI is InChI=1S/C21H35S/c1-2-3-4-5-6-7-8-9-10-11-12-13-14-16-20-17-15-18-21(22)19-20/h15,17-19H,2-14,16H2,1H3. The Balaban J connectivity index is 1.80. The minimum Gasteiger partial charge on any atom is -0.0801 e. The van der Waals surface area contributed by atoms with E-state index < -0.39 is 0 Å². The van der Waals surface area contributed by atoms with Gasteiger partial charge in [-0.25, -0.2) is 0 Å². The highest BCUT2D eigenvalue weighted by molar-refractivity contribution is 7.80. The third-order valence-corrected chi connectivity index (χ3v) is 4.72. The predicted octanol–water partition coefficient (Wildman–Crippen LogP) is 7.88. The molecule has 0 aliphatic heterocycles. The van der Waals surface area contributed by atoms with Crippen molar-refractivity contribution in [2.75, 3.05) is 0 Å². The van der Waals surface area contributed by atoms with Crippen LogP contribution in [0.5, 0.6) is 0 Å². The fourth-order valence-electron chi connectivity index (χ4n) is 3.05. The van der Waals surface area contributed by atoms with Crippen molar-refractivity contribution in [1.82, 2.24) is 0 Å². The van der Waals surface area contributed by atoms with Crippen LogP contribution in [0.4, 0.5) is 0 Å². The van der Waals surface area contributed by atoms with Gasteiger partial charge in [0.15, 0.2) is 0 Å². The molecule has 0 aliphatic carbocycles. The Morgan fingerprint density at radius 1 is 0.682 bits per heavy atom. The normalized spacial score (nSPS) is 11.0. The number of unbranched alkanes of at least 4 members (excludes halogenated alkanes) is 12. The maximum absolute atomic E-state index is 5.20. The molecule has 0 unspecified atom stereocenters. The summed E-state index contributed by atoms with van der Waals surface area (Å²) in [5.41, 5.74) is 1.41. The SMILES string of the molecule is CCCCCCCCCCCCCCCc1cccc([S])c1. The van der Waals surface area contributed by atoms with Crippen LogP contribution < -0.4 is 0 Å². The zero-order valence-corrected chi connectivity index (χ0v) is 15.4. The Morgan fingerprint density at radius 3 is 1.68 bits per heavy atom. The Labute approximate surface area is 144 Å². The number of benzene rings is 1. The Bertz CT molecular complexity index is 359. The highest BCUT2D eigenvalue weighted by Gasteiger charge is 1.96. The van der Waals surface area contributed by atoms with Crippen LogP contribution in [0.3, 0.4) is 0 Å². The van der Waals surface area contributed by atoms with Gasteiger partial charge in [-0.2, -0.15) is 0 Å². The van der Waals surface area contributed by atoms with Gasteiger partial charge in [-0.3, -0.25) is 0 Å². The van der Waals surface area contributed by atoms with Crippen molar-refractivity contribution in [2.45, 2.75) is 102 Å². The van der Waals surface area contributed by atoms with Crippen molar-refractivity contribution in [2.24, 2.45) is 0 Å². The van der Waals surface area contributed by atoms with Crippen LogP contribution in [0, 0.1) is 0 Å². The molecule has 0 amide bonds. The first-order valence-electron chi connectivity index (χ1n) is 9.59. The molecule has 0 nitrogen and oxygen atoms in total. The first-order chi connectivity index (χ1) is 10.8. The molecule has 0 saturated heterocycles. The average Bonchev–Trinajstić information content (AvgIpc) is 2.52. The zero-order chi connectivity index (χ0) is 15.9. The first-order valence-corrected chi connectivity index (χ1v) is 9.99. The van der Waals surface area contributed by atoms with Gasteiger partial charge in [0.25, 0.3) is 0 Å². The molecule has 0 N–H and O–H groups in total. The molecule has 0 spiro atoms. The van der Waals surface area contributed by atoms with Gasteiger partial charge in [0.05, 0.1) is 0 Å². The summed E-state index contributed by atoms with van der Waals surface area (Å²) in [6.45, 7) is 2.29. The van der Waals surface area contributed by atoms with Crippen LogP contribution >= 0.6 is 12.6 Å². The lowest BCUT2D eigenvalue weighted by Crippen LogP contribution is -1.87. The first kappa shape index (κ1) is 19.5. The summed E-state index contributed by atoms with van der Waals surface area (Å²) in [5, 5.41) is 0. The quantitative estimate of drug-likeness (QED) is 0.306. The summed E-state index contributed by atoms with van der Waals surface area (Å²) >= 11 is 5.20. The summed E-state index contributed by atoms with van der Waals surface area (Å²) in [6.07, 6.45) is 19.7. The van der Waals surface area contributed by atoms with E-state index in [1.807, 2.05) is 6.07 Å². The molecular formula is C21H35S. The van der Waals surface area contributed by atoms with E-state index in [2.05, 4.69) is 25.1 Å². The molecule has 1 rings (SSSR count). The van der Waals surface area contributed by atoms with E-state index in [1.165, 1.54) is 95.5 Å². The number of rotatable bonds is 14. The third-order valence-electron chi connectivity index (χ3n) is 4.47. The maximum atomic E-state index is 5.20. The average molecular weight is 320 g/mol. The Morgan fingerprint density at radius 2 is 1.18 bits per heavy atom. The van der Waals surface area contributed by atoms with Gasteiger partial charge >= 0.3 is 0 Å². The summed E-state index contributed by atoms with van der Waals surface area (Å²) in [7, 11) is 0. The largest absolute Gasteiger partial charge is 0.0801 e. The fourth-order valence-corrected chi connectivity index (χ4v) is 3.28. The van der Waals surface area contributed by atoms with Crippen molar-refractivity contribution < 1.29 is 0 Å². The van der Waals surface area contributed by atoms with Crippen LogP contribution in [0.1, 0.15) is 96.0 Å². The van der Waals surface area contributed by atoms with E-state index in [1.54, 1.807) is 0 Å². The fraction of sp³-hybridized carbons (Fsp3) is 0.714. The second-order valence-corrected chi connectivity index (χ2v) is 7.11. The highest BCUT2D eigenvalue weighted by atomic mass is 32.1. The molecule has 22 heavy (non-hydrogen) atoms. The Kier molecular flexibility index (Phi) is 12.5. The minimum atomic E-state index is 0.979. The molecule has 0 saturated carbocycles. The summed E-state index contributed by atoms with van der Waals surface area (Å²) < 4.78 is 0. The van der Waals surface area contributed by atoms with Crippen LogP contribution in [-0.2, 0) is 6.42 Å². The lowest BCUT2D eigenvalue weighted by molar-refractivity contribution is 0.539. The molecule has 0 aromatic heterocycles. The molecule has 0 aliphatic rings. The van der Waals surface area contributed by atoms with Crippen LogP contribution in [-0.4, -0.2) is 0 Å². The van der Waals surface area contributed by atoms with E-state index in [4.69, 9.17) is 12.6 Å². The second-order valence-electron chi connectivity index (χ2n) is 6.64. The smallest absolute Gasteiger partial charge is 0.0379 e. The van der Waals surface area contributed by atoms with Gasteiger partial charge in [-0.05, 0) is 30.5 Å². The van der Waals surface area contributed by atoms with E-state index in [0.29, 0.717) is 0 Å². The topological polar surface area (TPSA) is 0 Å². The molecule has 0 heterocycles. The van der Waals surface area contributed by atoms with Gasteiger partial charge in [-0.1, -0.05) is 109 Å². The molecule has 0 fully saturated rings. The molecule has 1 aromatic carbocycles. The van der Waals surface area contributed by atoms with Gasteiger partial charge in [-0.15, -0.1) is 0 Å². The van der Waals surface area contributed by atoms with Gasteiger partial charge in [0.1, 0.15) is 0 Å². The molecule has 1 heteroatoms. The van der Waals surface area contributed by atoms with E-state index in [9.17, 15) is 0 Å². The van der Waals surface area contributed by atoms with Crippen molar-refractivity contribution in [3.63, 3.8) is 0 Å². The monoisotopic (exact) mass is 319 g/mol. The minimum absolute atomic E-state index is 0.979. The zero-order valence-electron chi connectivity index (χ0n) is 14.6. The lowest BCUT2D eigenvalue weighted by Gasteiger charge is -2.04. The number of hydrogen-bond acceptors (Lipinski definition) is 0. The number of hydrogen-bond donors (Lipinski definition) is 0. The van der Waals surface area contributed by atoms with Gasteiger partial charge < -0.3 is 0 Å². The predicted molar refractivity (Wildman–Crippen MR) is 102 cm³/mol. The van der Waals surface area contributed by atoms with Gasteiger partial charge in [0, 0.05) is 4.90 Å². The third kappa shape index (κ3) is 11.1. The summed E-state index contributed by atoms with van der Waals surface area (Å²) in [5.74, 6) is 0. The van der Waals surface area contributed by atoms with E-state index in [-0.39, 0.29) is 0 Å². The second kappa shape index (κ2) is 14.1. The van der Waals surface area contributed by atoms with Crippen LogP contribution in [0.2, 0.25) is 0 Å². The van der Waals surface area contributed by atoms with Crippen molar-refractivity contribution >= 4 is 12.6 Å². The van der Waals surface area contributed by atoms with Crippen LogP contribution in [0.25, 0.3) is 0 Å². The lowest BCUT2D eigenvalue weighted by atomic mass is 10.0. The highest BCUT2D eigenvalue weighted by Crippen LogP contribution is 2.15. The Hall–Kier alpha value is -0.560. The van der Waals surface area contributed by atoms with Gasteiger partial charge in [0.2, 0.25) is 0 Å². The molecule has 1 aromatic rings. The summed E-state index contributed by atoms with van der Waals surface area (Å²) in [4.78, 5) is 0.979. The van der Waals surface area contributed by atoms with E-state index in [0.717, 1.165) is 4.90 Å². The van der Waals surface area contributed by atoms with Crippen molar-refractivity contribution in [3.8, 4) is 0 Å². The van der Waals surface area contributed by atoms with Crippen molar-refractivity contribution in [1.29, 1.82) is 0 Å². The molecule has 1 radical (unpaired) electrons. The maximum Gasteiger partial charge on any atom is 0.0379 e. The molecule has 0 atom stereocenters. The summed E-state index contributed by atoms with van der Waals surface area (Å²) in [6, 6.07) is 8.44.